The van der Waals surface area contributed by atoms with E-state index in [1.807, 2.05) is 58.0 Å². The second-order valence-corrected chi connectivity index (χ2v) is 9.86. The molecule has 0 radical (unpaired) electrons. The molecule has 0 saturated carbocycles. The molecule has 0 N–H and O–H groups in total. The molecule has 4 rings (SSSR count). The van der Waals surface area contributed by atoms with Gasteiger partial charge in [0.2, 0.25) is 15.9 Å². The van der Waals surface area contributed by atoms with Crippen molar-refractivity contribution in [3.63, 3.8) is 0 Å². The van der Waals surface area contributed by atoms with Crippen LogP contribution in [0, 0.1) is 27.7 Å². The third kappa shape index (κ3) is 3.95. The fourth-order valence-corrected chi connectivity index (χ4v) is 6.00. The van der Waals surface area contributed by atoms with Crippen LogP contribution in [0.2, 0.25) is 0 Å². The van der Waals surface area contributed by atoms with E-state index in [0.29, 0.717) is 43.5 Å². The average molecular weight is 414 g/mol. The van der Waals surface area contributed by atoms with Crippen LogP contribution in [0.15, 0.2) is 39.6 Å². The van der Waals surface area contributed by atoms with Crippen LogP contribution >= 0.6 is 0 Å². The van der Waals surface area contributed by atoms with Gasteiger partial charge in [-0.2, -0.15) is 4.31 Å². The molecule has 1 aromatic heterocycles. The van der Waals surface area contributed by atoms with E-state index in [-0.39, 0.29) is 0 Å². The van der Waals surface area contributed by atoms with Crippen LogP contribution in [-0.2, 0) is 16.6 Å². The van der Waals surface area contributed by atoms with Gasteiger partial charge in [0.05, 0.1) is 11.4 Å². The second kappa shape index (κ2) is 7.55. The van der Waals surface area contributed by atoms with E-state index in [0.717, 1.165) is 33.4 Å². The molecule has 0 amide bonds. The average Bonchev–Trinajstić information content (AvgIpc) is 3.02. The highest BCUT2D eigenvalue weighted by molar-refractivity contribution is 7.89. The van der Waals surface area contributed by atoms with E-state index >= 15 is 0 Å². The van der Waals surface area contributed by atoms with Crippen LogP contribution < -0.4 is 0 Å². The number of rotatable bonds is 4. The number of aromatic nitrogens is 1. The maximum absolute atomic E-state index is 13.2. The number of benzene rings is 2. The van der Waals surface area contributed by atoms with Gasteiger partial charge in [-0.1, -0.05) is 23.8 Å². The summed E-state index contributed by atoms with van der Waals surface area (Å²) in [6.45, 7) is 10.6. The molecule has 6 nitrogen and oxygen atoms in total. The van der Waals surface area contributed by atoms with Gasteiger partial charge >= 0.3 is 0 Å². The minimum atomic E-state index is -3.49. The Morgan fingerprint density at radius 3 is 2.24 bits per heavy atom. The quantitative estimate of drug-likeness (QED) is 0.654. The molecular weight excluding hydrogens is 386 g/mol. The third-order valence-electron chi connectivity index (χ3n) is 5.48. The summed E-state index contributed by atoms with van der Waals surface area (Å²) in [7, 11) is -3.49. The predicted molar refractivity (Wildman–Crippen MR) is 113 cm³/mol. The van der Waals surface area contributed by atoms with Gasteiger partial charge in [-0.15, -0.1) is 0 Å². The minimum absolute atomic E-state index is 0.450. The summed E-state index contributed by atoms with van der Waals surface area (Å²) in [5.41, 5.74) is 5.50. The lowest BCUT2D eigenvalue weighted by Gasteiger charge is -2.33. The number of nitrogens with zero attached hydrogens (tertiary/aromatic N) is 3. The molecule has 7 heteroatoms. The monoisotopic (exact) mass is 413 g/mol. The Labute approximate surface area is 172 Å². The maximum atomic E-state index is 13.2. The van der Waals surface area contributed by atoms with Crippen molar-refractivity contribution in [3.8, 4) is 0 Å². The van der Waals surface area contributed by atoms with E-state index < -0.39 is 10.0 Å². The second-order valence-electron chi connectivity index (χ2n) is 7.99. The van der Waals surface area contributed by atoms with Crippen LogP contribution in [0.3, 0.4) is 0 Å². The Morgan fingerprint density at radius 1 is 0.931 bits per heavy atom. The predicted octanol–water partition coefficient (Wildman–Crippen LogP) is 3.57. The van der Waals surface area contributed by atoms with Crippen LogP contribution in [0.5, 0.6) is 0 Å². The van der Waals surface area contributed by atoms with Crippen molar-refractivity contribution in [2.45, 2.75) is 39.1 Å². The molecule has 1 fully saturated rings. The minimum Gasteiger partial charge on any atom is -0.439 e. The van der Waals surface area contributed by atoms with Crippen LogP contribution in [-0.4, -0.2) is 48.8 Å². The molecule has 29 heavy (non-hydrogen) atoms. The van der Waals surface area contributed by atoms with E-state index in [1.54, 1.807) is 4.31 Å². The smallest absolute Gasteiger partial charge is 0.243 e. The Balaban J connectivity index is 1.46. The topological polar surface area (TPSA) is 66.7 Å². The highest BCUT2D eigenvalue weighted by Gasteiger charge is 2.31. The highest BCUT2D eigenvalue weighted by atomic mass is 32.2. The molecule has 0 unspecified atom stereocenters. The van der Waals surface area contributed by atoms with E-state index in [4.69, 9.17) is 4.42 Å². The van der Waals surface area contributed by atoms with Gasteiger partial charge in [0.25, 0.3) is 0 Å². The van der Waals surface area contributed by atoms with Crippen LogP contribution in [0.4, 0.5) is 0 Å². The number of sulfonamides is 1. The summed E-state index contributed by atoms with van der Waals surface area (Å²) in [6.07, 6.45) is 0. The molecule has 1 aliphatic heterocycles. The number of hydrogen-bond donors (Lipinski definition) is 0. The molecule has 0 aliphatic carbocycles. The fourth-order valence-electron chi connectivity index (χ4n) is 4.17. The SMILES string of the molecule is Cc1cc(C)c(S(=O)(=O)N2CCN(Cc3nc4ccc(C)cc4o3)CC2)c(C)c1. The molecule has 3 aromatic rings. The zero-order valence-corrected chi connectivity index (χ0v) is 18.2. The Hall–Kier alpha value is -2.22. The lowest BCUT2D eigenvalue weighted by atomic mass is 10.1. The molecule has 1 aliphatic rings. The van der Waals surface area contributed by atoms with Gasteiger partial charge in [0.1, 0.15) is 5.52 Å². The van der Waals surface area contributed by atoms with Crippen molar-refractivity contribution >= 4 is 21.1 Å². The van der Waals surface area contributed by atoms with Crippen molar-refractivity contribution in [2.75, 3.05) is 26.2 Å². The summed E-state index contributed by atoms with van der Waals surface area (Å²) in [6, 6.07) is 9.85. The first-order valence-corrected chi connectivity index (χ1v) is 11.3. The summed E-state index contributed by atoms with van der Waals surface area (Å²) in [5.74, 6) is 0.673. The Kier molecular flexibility index (Phi) is 5.23. The summed E-state index contributed by atoms with van der Waals surface area (Å²) in [4.78, 5) is 7.20. The largest absolute Gasteiger partial charge is 0.439 e. The van der Waals surface area contributed by atoms with Gasteiger partial charge in [0, 0.05) is 26.2 Å². The van der Waals surface area contributed by atoms with Gasteiger partial charge in [0.15, 0.2) is 5.58 Å². The molecule has 2 heterocycles. The van der Waals surface area contributed by atoms with E-state index in [9.17, 15) is 8.42 Å². The van der Waals surface area contributed by atoms with Crippen molar-refractivity contribution < 1.29 is 12.8 Å². The van der Waals surface area contributed by atoms with Crippen molar-refractivity contribution in [2.24, 2.45) is 0 Å². The fraction of sp³-hybridized carbons (Fsp3) is 0.409. The summed E-state index contributed by atoms with van der Waals surface area (Å²) < 4.78 is 33.9. The maximum Gasteiger partial charge on any atom is 0.243 e. The number of oxazole rings is 1. The molecule has 0 atom stereocenters. The van der Waals surface area contributed by atoms with Gasteiger partial charge < -0.3 is 4.42 Å². The van der Waals surface area contributed by atoms with E-state index in [1.165, 1.54) is 0 Å². The van der Waals surface area contributed by atoms with Gasteiger partial charge in [-0.25, -0.2) is 13.4 Å². The van der Waals surface area contributed by atoms with Crippen LogP contribution in [0.25, 0.3) is 11.1 Å². The van der Waals surface area contributed by atoms with Gasteiger partial charge in [-0.3, -0.25) is 4.90 Å². The molecular formula is C22H27N3O3S. The third-order valence-corrected chi connectivity index (χ3v) is 7.69. The molecule has 154 valence electrons. The number of fused-ring (bicyclic) bond motifs is 1. The van der Waals surface area contributed by atoms with Crippen LogP contribution in [0.1, 0.15) is 28.1 Å². The molecule has 0 bridgehead atoms. The first-order valence-electron chi connectivity index (χ1n) is 9.90. The lowest BCUT2D eigenvalue weighted by molar-refractivity contribution is 0.169. The Morgan fingerprint density at radius 2 is 1.59 bits per heavy atom. The Bertz CT molecular complexity index is 1140. The first-order chi connectivity index (χ1) is 13.7. The van der Waals surface area contributed by atoms with Crippen molar-refractivity contribution in [1.82, 2.24) is 14.2 Å². The molecule has 0 spiro atoms. The van der Waals surface area contributed by atoms with Crippen molar-refractivity contribution in [3.05, 3.63) is 58.5 Å². The normalized spacial score (nSPS) is 16.6. The molecule has 2 aromatic carbocycles. The zero-order valence-electron chi connectivity index (χ0n) is 17.4. The van der Waals surface area contributed by atoms with Crippen molar-refractivity contribution in [1.29, 1.82) is 0 Å². The van der Waals surface area contributed by atoms with E-state index in [2.05, 4.69) is 9.88 Å². The first kappa shape index (κ1) is 20.1. The zero-order chi connectivity index (χ0) is 20.8. The standard InChI is InChI=1S/C22H27N3O3S/c1-15-5-6-19-20(13-15)28-21(23-19)14-24-7-9-25(10-8-24)29(26,27)22-17(3)11-16(2)12-18(22)4/h5-6,11-13H,7-10,14H2,1-4H3. The number of piperazine rings is 1. The highest BCUT2D eigenvalue weighted by Crippen LogP contribution is 2.26. The summed E-state index contributed by atoms with van der Waals surface area (Å²) >= 11 is 0. The number of aryl methyl sites for hydroxylation is 4. The lowest BCUT2D eigenvalue weighted by Crippen LogP contribution is -2.48. The van der Waals surface area contributed by atoms with Gasteiger partial charge in [-0.05, 0) is 56.5 Å². The number of hydrogen-bond acceptors (Lipinski definition) is 5. The molecule has 1 saturated heterocycles. The summed E-state index contributed by atoms with van der Waals surface area (Å²) in [5, 5.41) is 0.